The summed E-state index contributed by atoms with van der Waals surface area (Å²) < 4.78 is 4.10. The molecule has 0 bridgehead atoms. The van der Waals surface area contributed by atoms with Crippen LogP contribution >= 0.6 is 38.6 Å². The number of nitrogens with zero attached hydrogens (tertiary/aromatic N) is 2. The molecule has 2 aromatic heterocycles. The smallest absolute Gasteiger partial charge is 0.253 e. The molecule has 0 aliphatic rings. The molecule has 0 radical (unpaired) electrons. The lowest BCUT2D eigenvalue weighted by atomic mass is 10.3. The molecule has 1 aromatic carbocycles. The molecule has 0 saturated heterocycles. The van der Waals surface area contributed by atoms with Gasteiger partial charge in [0.2, 0.25) is 0 Å². The molecule has 3 nitrogen and oxygen atoms in total. The lowest BCUT2D eigenvalue weighted by Gasteiger charge is -1.95. The van der Waals surface area contributed by atoms with E-state index < -0.39 is 0 Å². The summed E-state index contributed by atoms with van der Waals surface area (Å²) in [7, 11) is 1.93. The van der Waals surface area contributed by atoms with Gasteiger partial charge in [-0.05, 0) is 29.6 Å². The topological polar surface area (TPSA) is 34.4 Å². The van der Waals surface area contributed by atoms with Crippen molar-refractivity contribution in [1.29, 1.82) is 0 Å². The Labute approximate surface area is 132 Å². The lowest BCUT2D eigenvalue weighted by Crippen LogP contribution is -2.13. The van der Waals surface area contributed by atoms with Gasteiger partial charge in [0.15, 0.2) is 4.80 Å². The minimum Gasteiger partial charge on any atom is -0.319 e. The highest BCUT2D eigenvalue weighted by Gasteiger charge is 2.06. The van der Waals surface area contributed by atoms with Crippen molar-refractivity contribution in [3.05, 3.63) is 49.9 Å². The molecular formula is C14H11BrN2OS2. The number of thiophene rings is 1. The third kappa shape index (κ3) is 2.77. The van der Waals surface area contributed by atoms with Crippen molar-refractivity contribution >= 4 is 54.7 Å². The van der Waals surface area contributed by atoms with Crippen LogP contribution in [-0.4, -0.2) is 10.5 Å². The molecule has 0 aliphatic heterocycles. The van der Waals surface area contributed by atoms with Crippen molar-refractivity contribution in [2.24, 2.45) is 12.0 Å². The van der Waals surface area contributed by atoms with Gasteiger partial charge in [-0.15, -0.1) is 11.3 Å². The van der Waals surface area contributed by atoms with Crippen molar-refractivity contribution in [2.75, 3.05) is 0 Å². The Morgan fingerprint density at radius 2 is 2.25 bits per heavy atom. The number of fused-ring (bicyclic) bond motifs is 1. The Morgan fingerprint density at radius 1 is 1.40 bits per heavy atom. The van der Waals surface area contributed by atoms with E-state index in [0.717, 1.165) is 24.4 Å². The van der Waals surface area contributed by atoms with Crippen LogP contribution in [0, 0.1) is 0 Å². The number of hydrogen-bond donors (Lipinski definition) is 0. The molecule has 20 heavy (non-hydrogen) atoms. The minimum atomic E-state index is -0.103. The average molecular weight is 367 g/mol. The monoisotopic (exact) mass is 366 g/mol. The van der Waals surface area contributed by atoms with Crippen LogP contribution in [0.5, 0.6) is 0 Å². The zero-order valence-corrected chi connectivity index (χ0v) is 13.9. The number of rotatable bonds is 2. The van der Waals surface area contributed by atoms with E-state index in [1.54, 1.807) is 11.3 Å². The van der Waals surface area contributed by atoms with Crippen LogP contribution in [0.3, 0.4) is 0 Å². The second kappa shape index (κ2) is 5.63. The number of benzene rings is 1. The zero-order chi connectivity index (χ0) is 14.1. The number of carbonyl (C=O) groups excluding carboxylic acids is 1. The number of halogens is 1. The predicted molar refractivity (Wildman–Crippen MR) is 87.1 cm³/mol. The van der Waals surface area contributed by atoms with E-state index in [9.17, 15) is 4.79 Å². The molecule has 3 aromatic rings. The molecule has 0 N–H and O–H groups in total. The largest absolute Gasteiger partial charge is 0.319 e. The molecular weight excluding hydrogens is 356 g/mol. The summed E-state index contributed by atoms with van der Waals surface area (Å²) in [5.74, 6) is -0.103. The molecule has 2 heterocycles. The van der Waals surface area contributed by atoms with Gasteiger partial charge in [-0.1, -0.05) is 33.3 Å². The summed E-state index contributed by atoms with van der Waals surface area (Å²) in [5.41, 5.74) is 1.08. The van der Waals surface area contributed by atoms with E-state index in [1.165, 1.54) is 11.3 Å². The summed E-state index contributed by atoms with van der Waals surface area (Å²) in [4.78, 5) is 18.0. The first-order valence-corrected chi connectivity index (χ1v) is 8.47. The van der Waals surface area contributed by atoms with Crippen molar-refractivity contribution in [3.63, 3.8) is 0 Å². The number of carbonyl (C=O) groups is 1. The fourth-order valence-electron chi connectivity index (χ4n) is 1.92. The summed E-state index contributed by atoms with van der Waals surface area (Å²) in [6.07, 6.45) is 0.371. The molecule has 102 valence electrons. The highest BCUT2D eigenvalue weighted by Crippen LogP contribution is 2.21. The molecule has 0 unspecified atom stereocenters. The number of thiazole rings is 1. The Bertz CT molecular complexity index is 831. The normalized spacial score (nSPS) is 12.2. The van der Waals surface area contributed by atoms with Gasteiger partial charge in [0.25, 0.3) is 5.91 Å². The highest BCUT2D eigenvalue weighted by molar-refractivity contribution is 9.10. The molecule has 0 spiro atoms. The van der Waals surface area contributed by atoms with E-state index >= 15 is 0 Å². The number of amides is 1. The van der Waals surface area contributed by atoms with Gasteiger partial charge in [-0.2, -0.15) is 4.99 Å². The van der Waals surface area contributed by atoms with Gasteiger partial charge in [0.1, 0.15) is 0 Å². The van der Waals surface area contributed by atoms with E-state index in [-0.39, 0.29) is 5.91 Å². The van der Waals surface area contributed by atoms with E-state index in [1.807, 2.05) is 47.3 Å². The van der Waals surface area contributed by atoms with Crippen LogP contribution < -0.4 is 4.80 Å². The summed E-state index contributed by atoms with van der Waals surface area (Å²) in [6, 6.07) is 9.97. The molecule has 3 rings (SSSR count). The Balaban J connectivity index is 1.99. The first-order chi connectivity index (χ1) is 9.63. The highest BCUT2D eigenvalue weighted by atomic mass is 79.9. The summed E-state index contributed by atoms with van der Waals surface area (Å²) in [5, 5.41) is 1.97. The average Bonchev–Trinajstić information content (AvgIpc) is 2.99. The maximum Gasteiger partial charge on any atom is 0.253 e. The van der Waals surface area contributed by atoms with Crippen LogP contribution in [0.1, 0.15) is 4.88 Å². The number of aryl methyl sites for hydroxylation is 1. The molecule has 6 heteroatoms. The third-order valence-corrected chi connectivity index (χ3v) is 5.36. The Hall–Kier alpha value is -1.24. The zero-order valence-electron chi connectivity index (χ0n) is 10.7. The molecule has 0 aliphatic carbocycles. The van der Waals surface area contributed by atoms with Gasteiger partial charge in [0, 0.05) is 16.4 Å². The first kappa shape index (κ1) is 13.7. The molecule has 0 atom stereocenters. The second-order valence-corrected chi connectivity index (χ2v) is 7.27. The van der Waals surface area contributed by atoms with Gasteiger partial charge in [-0.3, -0.25) is 4.79 Å². The van der Waals surface area contributed by atoms with Crippen LogP contribution in [0.4, 0.5) is 0 Å². The number of hydrogen-bond acceptors (Lipinski definition) is 3. The minimum absolute atomic E-state index is 0.103. The number of aromatic nitrogens is 1. The first-order valence-electron chi connectivity index (χ1n) is 5.98. The van der Waals surface area contributed by atoms with Crippen molar-refractivity contribution in [3.8, 4) is 0 Å². The molecule has 1 amide bonds. The fourth-order valence-corrected chi connectivity index (χ4v) is 4.21. The van der Waals surface area contributed by atoms with Crippen LogP contribution in [-0.2, 0) is 18.3 Å². The van der Waals surface area contributed by atoms with Crippen molar-refractivity contribution < 1.29 is 4.79 Å². The van der Waals surface area contributed by atoms with Crippen LogP contribution in [0.15, 0.2) is 45.2 Å². The summed E-state index contributed by atoms with van der Waals surface area (Å²) in [6.45, 7) is 0. The maximum atomic E-state index is 12.0. The molecule has 0 saturated carbocycles. The quantitative estimate of drug-likeness (QED) is 0.680. The van der Waals surface area contributed by atoms with E-state index in [0.29, 0.717) is 6.42 Å². The lowest BCUT2D eigenvalue weighted by molar-refractivity contribution is -0.117. The van der Waals surface area contributed by atoms with Crippen LogP contribution in [0.2, 0.25) is 0 Å². The second-order valence-electron chi connectivity index (χ2n) is 4.32. The van der Waals surface area contributed by atoms with Crippen molar-refractivity contribution in [2.45, 2.75) is 6.42 Å². The van der Waals surface area contributed by atoms with Gasteiger partial charge >= 0.3 is 0 Å². The standard InChI is InChI=1S/C14H11BrN2OS2/c1-17-11-5-4-9(15)7-12(11)20-14(17)16-13(18)8-10-3-2-6-19-10/h2-7H,8H2,1H3. The van der Waals surface area contributed by atoms with Gasteiger partial charge in [0.05, 0.1) is 16.6 Å². The van der Waals surface area contributed by atoms with Crippen LogP contribution in [0.25, 0.3) is 10.2 Å². The summed E-state index contributed by atoms with van der Waals surface area (Å²) >= 11 is 6.57. The fraction of sp³-hybridized carbons (Fsp3) is 0.143. The van der Waals surface area contributed by atoms with E-state index in [2.05, 4.69) is 20.9 Å². The maximum absolute atomic E-state index is 12.0. The SMILES string of the molecule is Cn1c(=NC(=O)Cc2cccs2)sc2cc(Br)ccc21. The van der Waals surface area contributed by atoms with Gasteiger partial charge < -0.3 is 4.57 Å². The third-order valence-electron chi connectivity index (χ3n) is 2.90. The Morgan fingerprint density at radius 3 is 3.00 bits per heavy atom. The molecule has 0 fully saturated rings. The van der Waals surface area contributed by atoms with E-state index in [4.69, 9.17) is 0 Å². The predicted octanol–water partition coefficient (Wildman–Crippen LogP) is 3.73. The Kier molecular flexibility index (Phi) is 3.87. The van der Waals surface area contributed by atoms with Crippen molar-refractivity contribution in [1.82, 2.24) is 4.57 Å². The van der Waals surface area contributed by atoms with Gasteiger partial charge in [-0.25, -0.2) is 0 Å².